The van der Waals surface area contributed by atoms with E-state index in [9.17, 15) is 4.79 Å². The number of halogens is 1. The number of rotatable bonds is 4. The van der Waals surface area contributed by atoms with E-state index < -0.39 is 0 Å². The number of carbonyl (C=O) groups is 1. The van der Waals surface area contributed by atoms with Crippen LogP contribution in [0.5, 0.6) is 5.75 Å². The summed E-state index contributed by atoms with van der Waals surface area (Å²) < 4.78 is 11.0. The highest BCUT2D eigenvalue weighted by Crippen LogP contribution is 2.27. The van der Waals surface area contributed by atoms with Crippen LogP contribution in [0.2, 0.25) is 0 Å². The van der Waals surface area contributed by atoms with Gasteiger partial charge in [0.25, 0.3) is 0 Å². The Morgan fingerprint density at radius 3 is 2.76 bits per heavy atom. The van der Waals surface area contributed by atoms with Crippen molar-refractivity contribution in [1.82, 2.24) is 0 Å². The molecule has 0 radical (unpaired) electrons. The zero-order valence-corrected chi connectivity index (χ0v) is 10.9. The Balaban J connectivity index is 2.29. The molecule has 0 N–H and O–H groups in total. The number of benzene rings is 1. The van der Waals surface area contributed by atoms with Crippen molar-refractivity contribution in [2.45, 2.75) is 6.92 Å². The van der Waals surface area contributed by atoms with Gasteiger partial charge in [-0.25, -0.2) is 0 Å². The third-order valence-electron chi connectivity index (χ3n) is 2.28. The van der Waals surface area contributed by atoms with Gasteiger partial charge in [-0.1, -0.05) is 0 Å². The molecule has 1 aromatic carbocycles. The molecule has 2 rings (SSSR count). The second kappa shape index (κ2) is 5.19. The van der Waals surface area contributed by atoms with E-state index in [1.165, 1.54) is 12.5 Å². The maximum atomic E-state index is 12.0. The molecule has 3 nitrogen and oxygen atoms in total. The van der Waals surface area contributed by atoms with Crippen LogP contribution >= 0.6 is 15.9 Å². The molecule has 0 unspecified atom stereocenters. The summed E-state index contributed by atoms with van der Waals surface area (Å²) in [4.78, 5) is 12.0. The number of hydrogen-bond donors (Lipinski definition) is 0. The Bertz CT molecular complexity index is 517. The fraction of sp³-hybridized carbons (Fsp3) is 0.154. The molecule has 0 aliphatic heterocycles. The lowest BCUT2D eigenvalue weighted by Crippen LogP contribution is -2.00. The number of hydrogen-bond acceptors (Lipinski definition) is 3. The monoisotopic (exact) mass is 294 g/mol. The smallest absolute Gasteiger partial charge is 0.196 e. The minimum Gasteiger partial charge on any atom is -0.493 e. The first kappa shape index (κ1) is 11.9. The third-order valence-corrected chi connectivity index (χ3v) is 2.90. The summed E-state index contributed by atoms with van der Waals surface area (Å²) in [5.41, 5.74) is 1.14. The lowest BCUT2D eigenvalue weighted by molar-refractivity contribution is 0.103. The van der Waals surface area contributed by atoms with Crippen LogP contribution in [0.15, 0.2) is 45.7 Å². The van der Waals surface area contributed by atoms with Crippen molar-refractivity contribution in [2.75, 3.05) is 6.61 Å². The highest BCUT2D eigenvalue weighted by atomic mass is 79.9. The maximum absolute atomic E-state index is 12.0. The zero-order valence-electron chi connectivity index (χ0n) is 9.27. The van der Waals surface area contributed by atoms with Gasteiger partial charge in [-0.15, -0.1) is 0 Å². The molecule has 0 aliphatic rings. The van der Waals surface area contributed by atoms with Gasteiger partial charge in [0.2, 0.25) is 0 Å². The van der Waals surface area contributed by atoms with Crippen molar-refractivity contribution in [1.29, 1.82) is 0 Å². The maximum Gasteiger partial charge on any atom is 0.196 e. The first-order valence-electron chi connectivity index (χ1n) is 5.21. The number of ether oxygens (including phenoxy) is 1. The van der Waals surface area contributed by atoms with Crippen LogP contribution in [0.1, 0.15) is 22.8 Å². The van der Waals surface area contributed by atoms with Crippen LogP contribution in [-0.4, -0.2) is 12.4 Å². The summed E-state index contributed by atoms with van der Waals surface area (Å²) in [6.07, 6.45) is 2.92. The molecule has 17 heavy (non-hydrogen) atoms. The summed E-state index contributed by atoms with van der Waals surface area (Å²) in [6.45, 7) is 2.50. The average molecular weight is 295 g/mol. The molecule has 1 heterocycles. The van der Waals surface area contributed by atoms with E-state index in [-0.39, 0.29) is 5.78 Å². The van der Waals surface area contributed by atoms with Gasteiger partial charge in [0.1, 0.15) is 12.0 Å². The van der Waals surface area contributed by atoms with Gasteiger partial charge in [0, 0.05) is 5.56 Å². The summed E-state index contributed by atoms with van der Waals surface area (Å²) in [5.74, 6) is 0.666. The summed E-state index contributed by atoms with van der Waals surface area (Å²) in [6, 6.07) is 6.92. The molecule has 2 aromatic rings. The quantitative estimate of drug-likeness (QED) is 0.808. The van der Waals surface area contributed by atoms with Gasteiger partial charge in [0.05, 0.1) is 22.9 Å². The molecule has 4 heteroatoms. The van der Waals surface area contributed by atoms with Crippen molar-refractivity contribution in [3.8, 4) is 5.75 Å². The first-order chi connectivity index (χ1) is 8.22. The van der Waals surface area contributed by atoms with Crippen LogP contribution in [0.25, 0.3) is 0 Å². The van der Waals surface area contributed by atoms with Crippen LogP contribution in [0, 0.1) is 0 Å². The lowest BCUT2D eigenvalue weighted by atomic mass is 10.1. The molecule has 0 saturated carbocycles. The second-order valence-electron chi connectivity index (χ2n) is 3.42. The summed E-state index contributed by atoms with van der Waals surface area (Å²) in [5, 5.41) is 0. The van der Waals surface area contributed by atoms with Crippen LogP contribution in [-0.2, 0) is 0 Å². The normalized spacial score (nSPS) is 10.2. The van der Waals surface area contributed by atoms with E-state index in [2.05, 4.69) is 15.9 Å². The van der Waals surface area contributed by atoms with E-state index in [1.54, 1.807) is 24.3 Å². The fourth-order valence-corrected chi connectivity index (χ4v) is 1.97. The molecule has 88 valence electrons. The van der Waals surface area contributed by atoms with Crippen molar-refractivity contribution in [2.24, 2.45) is 0 Å². The van der Waals surface area contributed by atoms with E-state index in [1.807, 2.05) is 6.92 Å². The molecular formula is C13H11BrO3. The predicted octanol–water partition coefficient (Wildman–Crippen LogP) is 3.67. The van der Waals surface area contributed by atoms with Crippen LogP contribution in [0.3, 0.4) is 0 Å². The first-order valence-corrected chi connectivity index (χ1v) is 6.01. The molecule has 0 atom stereocenters. The molecule has 0 amide bonds. The lowest BCUT2D eigenvalue weighted by Gasteiger charge is -2.06. The SMILES string of the molecule is CCOc1ccc(C(=O)c2ccoc2)cc1Br. The molecule has 0 aliphatic carbocycles. The molecule has 0 fully saturated rings. The number of ketones is 1. The van der Waals surface area contributed by atoms with Gasteiger partial charge in [0.15, 0.2) is 5.78 Å². The van der Waals surface area contributed by atoms with Gasteiger partial charge in [-0.05, 0) is 47.1 Å². The average Bonchev–Trinajstić information content (AvgIpc) is 2.84. The van der Waals surface area contributed by atoms with Gasteiger partial charge >= 0.3 is 0 Å². The van der Waals surface area contributed by atoms with Crippen molar-refractivity contribution >= 4 is 21.7 Å². The van der Waals surface area contributed by atoms with E-state index >= 15 is 0 Å². The topological polar surface area (TPSA) is 39.4 Å². The molecule has 1 aromatic heterocycles. The molecular weight excluding hydrogens is 284 g/mol. The number of carbonyl (C=O) groups excluding carboxylic acids is 1. The summed E-state index contributed by atoms with van der Waals surface area (Å²) in [7, 11) is 0. The minimum absolute atomic E-state index is 0.0671. The van der Waals surface area contributed by atoms with Crippen LogP contribution < -0.4 is 4.74 Å². The van der Waals surface area contributed by atoms with Crippen LogP contribution in [0.4, 0.5) is 0 Å². The van der Waals surface area contributed by atoms with Crippen molar-refractivity contribution in [3.63, 3.8) is 0 Å². The van der Waals surface area contributed by atoms with E-state index in [4.69, 9.17) is 9.15 Å². The summed E-state index contributed by atoms with van der Waals surface area (Å²) >= 11 is 3.38. The van der Waals surface area contributed by atoms with Gasteiger partial charge in [-0.2, -0.15) is 0 Å². The largest absolute Gasteiger partial charge is 0.493 e. The Hall–Kier alpha value is -1.55. The van der Waals surface area contributed by atoms with Crippen molar-refractivity contribution in [3.05, 3.63) is 52.4 Å². The fourth-order valence-electron chi connectivity index (χ4n) is 1.47. The highest BCUT2D eigenvalue weighted by molar-refractivity contribution is 9.10. The van der Waals surface area contributed by atoms with E-state index in [0.29, 0.717) is 17.7 Å². The van der Waals surface area contributed by atoms with Gasteiger partial charge < -0.3 is 9.15 Å². The Morgan fingerprint density at radius 2 is 2.18 bits per heavy atom. The van der Waals surface area contributed by atoms with E-state index in [0.717, 1.165) is 10.2 Å². The predicted molar refractivity (Wildman–Crippen MR) is 67.5 cm³/mol. The zero-order chi connectivity index (χ0) is 12.3. The second-order valence-corrected chi connectivity index (χ2v) is 4.27. The molecule has 0 bridgehead atoms. The third kappa shape index (κ3) is 2.58. The molecule has 0 saturated heterocycles. The highest BCUT2D eigenvalue weighted by Gasteiger charge is 2.12. The van der Waals surface area contributed by atoms with Crippen molar-refractivity contribution < 1.29 is 13.9 Å². The standard InChI is InChI=1S/C13H11BrO3/c1-2-17-12-4-3-9(7-11(12)14)13(15)10-5-6-16-8-10/h3-8H,2H2,1H3. The number of furan rings is 1. The Kier molecular flexibility index (Phi) is 3.64. The minimum atomic E-state index is -0.0671. The Labute approximate surface area is 108 Å². The molecule has 0 spiro atoms. The van der Waals surface area contributed by atoms with Gasteiger partial charge in [-0.3, -0.25) is 4.79 Å². The Morgan fingerprint density at radius 1 is 1.35 bits per heavy atom.